The first-order valence-corrected chi connectivity index (χ1v) is 7.15. The molecule has 2 aromatic rings. The van der Waals surface area contributed by atoms with E-state index in [-0.39, 0.29) is 11.4 Å². The molecule has 0 spiro atoms. The quantitative estimate of drug-likeness (QED) is 0.936. The summed E-state index contributed by atoms with van der Waals surface area (Å²) in [7, 11) is -3.47. The molecule has 2 rings (SSSR count). The smallest absolute Gasteiger partial charge is 0.207 e. The van der Waals surface area contributed by atoms with Gasteiger partial charge in [0.2, 0.25) is 10.0 Å². The van der Waals surface area contributed by atoms with Crippen LogP contribution < -0.4 is 4.72 Å². The van der Waals surface area contributed by atoms with Crippen molar-refractivity contribution in [1.29, 1.82) is 0 Å². The fraction of sp³-hybridized carbons (Fsp3) is 0.0769. The normalized spacial score (nSPS) is 11.4. The van der Waals surface area contributed by atoms with Crippen LogP contribution in [0.5, 0.6) is 0 Å². The maximum absolute atomic E-state index is 11.9. The predicted octanol–water partition coefficient (Wildman–Crippen LogP) is 2.62. The average Bonchev–Trinajstić information content (AvgIpc) is 2.39. The van der Waals surface area contributed by atoms with Crippen molar-refractivity contribution in [2.24, 2.45) is 0 Å². The molecule has 0 saturated heterocycles. The molecule has 1 N–H and O–H groups in total. The molecule has 0 saturated carbocycles. The molecule has 0 aliphatic carbocycles. The summed E-state index contributed by atoms with van der Waals surface area (Å²) in [6.07, 6.45) is 0. The maximum Gasteiger partial charge on any atom is 0.240 e. The average molecular weight is 281 g/mol. The summed E-state index contributed by atoms with van der Waals surface area (Å²) in [4.78, 5) is 0.249. The Hall–Kier alpha value is -1.36. The molecular weight excluding hydrogens is 270 g/mol. The molecule has 5 heteroatoms. The van der Waals surface area contributed by atoms with Crippen molar-refractivity contribution in [3.63, 3.8) is 0 Å². The molecular formula is C13H11ClNO2S. The van der Waals surface area contributed by atoms with E-state index in [0.29, 0.717) is 5.02 Å². The maximum atomic E-state index is 11.9. The molecule has 1 radical (unpaired) electrons. The zero-order chi connectivity index (χ0) is 13.0. The Kier molecular flexibility index (Phi) is 4.01. The van der Waals surface area contributed by atoms with E-state index in [2.05, 4.69) is 10.8 Å². The third-order valence-electron chi connectivity index (χ3n) is 2.35. The lowest BCUT2D eigenvalue weighted by Crippen LogP contribution is -2.23. The van der Waals surface area contributed by atoms with Crippen molar-refractivity contribution in [3.8, 4) is 0 Å². The Labute approximate surface area is 111 Å². The molecule has 93 valence electrons. The number of hydrogen-bond donors (Lipinski definition) is 1. The zero-order valence-corrected chi connectivity index (χ0v) is 11.0. The predicted molar refractivity (Wildman–Crippen MR) is 70.8 cm³/mol. The summed E-state index contributed by atoms with van der Waals surface area (Å²) in [5, 5.41) is 0.574. The highest BCUT2D eigenvalue weighted by Gasteiger charge is 2.12. The largest absolute Gasteiger partial charge is 0.240 e. The first kappa shape index (κ1) is 13.1. The summed E-state index contributed by atoms with van der Waals surface area (Å²) in [6, 6.07) is 16.2. The highest BCUT2D eigenvalue weighted by atomic mass is 35.5. The lowest BCUT2D eigenvalue weighted by molar-refractivity contribution is 0.581. The second-order valence-corrected chi connectivity index (χ2v) is 5.87. The summed E-state index contributed by atoms with van der Waals surface area (Å²) in [5.74, 6) is 0. The van der Waals surface area contributed by atoms with Gasteiger partial charge in [-0.15, -0.1) is 0 Å². The number of hydrogen-bond acceptors (Lipinski definition) is 2. The van der Waals surface area contributed by atoms with Crippen molar-refractivity contribution in [3.05, 3.63) is 65.2 Å². The summed E-state index contributed by atoms with van der Waals surface area (Å²) >= 11 is 5.73. The Morgan fingerprint density at radius 2 is 1.83 bits per heavy atom. The van der Waals surface area contributed by atoms with Gasteiger partial charge in [0.15, 0.2) is 0 Å². The van der Waals surface area contributed by atoms with Crippen molar-refractivity contribution in [2.75, 3.05) is 0 Å². The van der Waals surface area contributed by atoms with Crippen LogP contribution in [0, 0.1) is 6.07 Å². The van der Waals surface area contributed by atoms with Crippen LogP contribution in [0.25, 0.3) is 0 Å². The van der Waals surface area contributed by atoms with E-state index < -0.39 is 10.0 Å². The standard InChI is InChI=1S/C13H11ClNO2S/c14-12-8-6-11(7-9-12)10-15-18(16,17)13-4-2-1-3-5-13/h1-6,8-9,15H,10H2. The summed E-state index contributed by atoms with van der Waals surface area (Å²) in [6.45, 7) is 0.189. The Morgan fingerprint density at radius 1 is 1.11 bits per heavy atom. The minimum Gasteiger partial charge on any atom is -0.207 e. The van der Waals surface area contributed by atoms with Gasteiger partial charge in [0.25, 0.3) is 0 Å². The van der Waals surface area contributed by atoms with Crippen LogP contribution in [0.1, 0.15) is 5.56 Å². The topological polar surface area (TPSA) is 46.2 Å². The minimum atomic E-state index is -3.47. The highest BCUT2D eigenvalue weighted by molar-refractivity contribution is 7.89. The molecule has 2 aromatic carbocycles. The van der Waals surface area contributed by atoms with Gasteiger partial charge in [-0.25, -0.2) is 13.1 Å². The Morgan fingerprint density at radius 3 is 2.44 bits per heavy atom. The molecule has 0 atom stereocenters. The van der Waals surface area contributed by atoms with Crippen molar-refractivity contribution in [2.45, 2.75) is 11.4 Å². The molecule has 0 fully saturated rings. The van der Waals surface area contributed by atoms with E-state index in [1.165, 1.54) is 0 Å². The van der Waals surface area contributed by atoms with Crippen LogP contribution in [0.4, 0.5) is 0 Å². The third-order valence-corrected chi connectivity index (χ3v) is 4.00. The first-order valence-electron chi connectivity index (χ1n) is 5.29. The molecule has 18 heavy (non-hydrogen) atoms. The first-order chi connectivity index (χ1) is 8.58. The van der Waals surface area contributed by atoms with E-state index in [1.807, 2.05) is 0 Å². The fourth-order valence-electron chi connectivity index (χ4n) is 1.40. The van der Waals surface area contributed by atoms with E-state index in [9.17, 15) is 8.42 Å². The van der Waals surface area contributed by atoms with Crippen LogP contribution in [0.3, 0.4) is 0 Å². The second-order valence-electron chi connectivity index (χ2n) is 3.67. The molecule has 0 aliphatic rings. The van der Waals surface area contributed by atoms with Crippen LogP contribution >= 0.6 is 11.6 Å². The Balaban J connectivity index is 2.08. The summed E-state index contributed by atoms with van der Waals surface area (Å²) in [5.41, 5.74) is 0.735. The van der Waals surface area contributed by atoms with Crippen molar-refractivity contribution < 1.29 is 8.42 Å². The lowest BCUT2D eigenvalue weighted by Gasteiger charge is -2.06. The van der Waals surface area contributed by atoms with Crippen LogP contribution in [0.2, 0.25) is 5.02 Å². The third kappa shape index (κ3) is 3.32. The van der Waals surface area contributed by atoms with E-state index in [0.717, 1.165) is 5.56 Å². The van der Waals surface area contributed by atoms with Crippen LogP contribution in [0.15, 0.2) is 53.4 Å². The fourth-order valence-corrected chi connectivity index (χ4v) is 2.55. The van der Waals surface area contributed by atoms with Crippen molar-refractivity contribution in [1.82, 2.24) is 4.72 Å². The van der Waals surface area contributed by atoms with E-state index >= 15 is 0 Å². The Bertz CT molecular complexity index is 609. The van der Waals surface area contributed by atoms with E-state index in [1.54, 1.807) is 48.5 Å². The van der Waals surface area contributed by atoms with Gasteiger partial charge in [-0.2, -0.15) is 0 Å². The van der Waals surface area contributed by atoms with Gasteiger partial charge >= 0.3 is 0 Å². The molecule has 0 bridgehead atoms. The van der Waals surface area contributed by atoms with Gasteiger partial charge in [-0.3, -0.25) is 0 Å². The number of sulfonamides is 1. The van der Waals surface area contributed by atoms with Crippen LogP contribution in [-0.4, -0.2) is 8.42 Å². The van der Waals surface area contributed by atoms with Gasteiger partial charge < -0.3 is 0 Å². The van der Waals surface area contributed by atoms with Gasteiger partial charge in [0.1, 0.15) is 0 Å². The van der Waals surface area contributed by atoms with Gasteiger partial charge in [-0.1, -0.05) is 35.9 Å². The lowest BCUT2D eigenvalue weighted by atomic mass is 10.2. The van der Waals surface area contributed by atoms with Crippen molar-refractivity contribution >= 4 is 21.6 Å². The molecule has 0 aromatic heterocycles. The van der Waals surface area contributed by atoms with E-state index in [4.69, 9.17) is 11.6 Å². The number of nitrogens with one attached hydrogen (secondary N) is 1. The molecule has 3 nitrogen and oxygen atoms in total. The SMILES string of the molecule is O=S(=O)(NCc1[c]cc(Cl)cc1)c1ccccc1. The molecule has 0 amide bonds. The second kappa shape index (κ2) is 5.52. The zero-order valence-electron chi connectivity index (χ0n) is 9.43. The van der Waals surface area contributed by atoms with Crippen LogP contribution in [-0.2, 0) is 16.6 Å². The molecule has 0 unspecified atom stereocenters. The number of benzene rings is 2. The monoisotopic (exact) mass is 280 g/mol. The highest BCUT2D eigenvalue weighted by Crippen LogP contribution is 2.11. The summed E-state index contributed by atoms with van der Waals surface area (Å²) < 4.78 is 26.4. The molecule has 0 aliphatic heterocycles. The minimum absolute atomic E-state index is 0.189. The van der Waals surface area contributed by atoms with Gasteiger partial charge in [0.05, 0.1) is 4.90 Å². The van der Waals surface area contributed by atoms with Gasteiger partial charge in [-0.05, 0) is 35.9 Å². The number of halogens is 1. The molecule has 0 heterocycles. The number of rotatable bonds is 4. The van der Waals surface area contributed by atoms with Gasteiger partial charge in [0, 0.05) is 11.6 Å².